The van der Waals surface area contributed by atoms with Gasteiger partial charge in [0.2, 0.25) is 0 Å². The van der Waals surface area contributed by atoms with Crippen molar-refractivity contribution < 1.29 is 4.79 Å². The fraction of sp³-hybridized carbons (Fsp3) is 0.632. The molecule has 2 aromatic rings. The third-order valence-corrected chi connectivity index (χ3v) is 5.64. The van der Waals surface area contributed by atoms with E-state index >= 15 is 0 Å². The average molecular weight is 364 g/mol. The monoisotopic (exact) mass is 363 g/mol. The first kappa shape index (κ1) is 19.6. The molecule has 2 aromatic heterocycles. The first-order valence-electron chi connectivity index (χ1n) is 9.36. The number of nitrogens with one attached hydrogen (secondary N) is 1. The Hall–Kier alpha value is -1.69. The third-order valence-electron chi connectivity index (χ3n) is 4.44. The van der Waals surface area contributed by atoms with Crippen LogP contribution in [0.15, 0.2) is 11.1 Å². The maximum atomic E-state index is 12.7. The van der Waals surface area contributed by atoms with Crippen molar-refractivity contribution in [3.05, 3.63) is 27.1 Å². The fourth-order valence-corrected chi connectivity index (χ4v) is 3.96. The van der Waals surface area contributed by atoms with Crippen LogP contribution in [0.5, 0.6) is 0 Å². The molecule has 0 aliphatic rings. The van der Waals surface area contributed by atoms with Gasteiger partial charge in [-0.1, -0.05) is 46.0 Å². The number of amides is 1. The lowest BCUT2D eigenvalue weighted by Crippen LogP contribution is -2.24. The van der Waals surface area contributed by atoms with Crippen molar-refractivity contribution in [2.24, 2.45) is 0 Å². The van der Waals surface area contributed by atoms with Crippen LogP contribution >= 0.6 is 11.3 Å². The smallest absolute Gasteiger partial charge is 0.262 e. The van der Waals surface area contributed by atoms with Crippen molar-refractivity contribution in [1.82, 2.24) is 14.9 Å². The van der Waals surface area contributed by atoms with Crippen LogP contribution in [0.2, 0.25) is 0 Å². The van der Waals surface area contributed by atoms with E-state index in [1.165, 1.54) is 24.2 Å². The maximum Gasteiger partial charge on any atom is 0.262 e. The van der Waals surface area contributed by atoms with Crippen LogP contribution in [0, 0.1) is 6.92 Å². The molecular weight excluding hydrogens is 334 g/mol. The number of aryl methyl sites for hydroxylation is 2. The summed E-state index contributed by atoms with van der Waals surface area (Å²) in [5, 5.41) is 3.57. The molecule has 5 nitrogen and oxygen atoms in total. The summed E-state index contributed by atoms with van der Waals surface area (Å²) in [5.74, 6) is -0.0890. The van der Waals surface area contributed by atoms with E-state index in [0.29, 0.717) is 28.2 Å². The third kappa shape index (κ3) is 4.91. The summed E-state index contributed by atoms with van der Waals surface area (Å²) in [5.41, 5.74) is 0.727. The summed E-state index contributed by atoms with van der Waals surface area (Å²) in [7, 11) is 0. The van der Waals surface area contributed by atoms with Gasteiger partial charge in [-0.3, -0.25) is 14.2 Å². The van der Waals surface area contributed by atoms with Crippen LogP contribution in [-0.4, -0.2) is 22.0 Å². The summed E-state index contributed by atoms with van der Waals surface area (Å²) in [6.45, 7) is 7.52. The van der Waals surface area contributed by atoms with Crippen LogP contribution in [0.25, 0.3) is 10.2 Å². The van der Waals surface area contributed by atoms with E-state index in [-0.39, 0.29) is 11.5 Å². The number of aromatic nitrogens is 2. The molecular formula is C19H29N3O2S. The Morgan fingerprint density at radius 2 is 1.88 bits per heavy atom. The van der Waals surface area contributed by atoms with Crippen molar-refractivity contribution in [2.75, 3.05) is 6.54 Å². The van der Waals surface area contributed by atoms with Gasteiger partial charge in [-0.15, -0.1) is 11.3 Å². The molecule has 1 N–H and O–H groups in total. The zero-order valence-corrected chi connectivity index (χ0v) is 16.4. The number of carbonyl (C=O) groups is 1. The Bertz CT molecular complexity index is 764. The van der Waals surface area contributed by atoms with E-state index in [4.69, 9.17) is 0 Å². The topological polar surface area (TPSA) is 64.0 Å². The second-order valence-electron chi connectivity index (χ2n) is 6.50. The largest absolute Gasteiger partial charge is 0.351 e. The lowest BCUT2D eigenvalue weighted by Gasteiger charge is -2.05. The molecule has 0 radical (unpaired) electrons. The highest BCUT2D eigenvalue weighted by molar-refractivity contribution is 7.20. The minimum Gasteiger partial charge on any atom is -0.351 e. The van der Waals surface area contributed by atoms with Crippen LogP contribution in [0.3, 0.4) is 0 Å². The van der Waals surface area contributed by atoms with Gasteiger partial charge < -0.3 is 5.32 Å². The zero-order valence-electron chi connectivity index (χ0n) is 15.6. The number of hydrogen-bond donors (Lipinski definition) is 1. The highest BCUT2D eigenvalue weighted by Gasteiger charge is 2.19. The van der Waals surface area contributed by atoms with Crippen LogP contribution in [0.4, 0.5) is 0 Å². The molecule has 0 saturated heterocycles. The lowest BCUT2D eigenvalue weighted by molar-refractivity contribution is 0.0956. The Morgan fingerprint density at radius 3 is 2.60 bits per heavy atom. The SMILES string of the molecule is CCCCCCNC(=O)c1sc2ncn(CCCCC)c(=O)c2c1C. The van der Waals surface area contributed by atoms with E-state index < -0.39 is 0 Å². The fourth-order valence-electron chi connectivity index (χ4n) is 2.90. The van der Waals surface area contributed by atoms with Crippen molar-refractivity contribution >= 4 is 27.5 Å². The number of thiophene rings is 1. The molecule has 0 aromatic carbocycles. The highest BCUT2D eigenvalue weighted by Crippen LogP contribution is 2.26. The highest BCUT2D eigenvalue weighted by atomic mass is 32.1. The molecule has 0 spiro atoms. The van der Waals surface area contributed by atoms with Gasteiger partial charge in [-0.2, -0.15) is 0 Å². The van der Waals surface area contributed by atoms with E-state index in [1.807, 2.05) is 6.92 Å². The van der Waals surface area contributed by atoms with Crippen molar-refractivity contribution in [2.45, 2.75) is 72.3 Å². The lowest BCUT2D eigenvalue weighted by atomic mass is 10.2. The van der Waals surface area contributed by atoms with Gasteiger partial charge in [0.1, 0.15) is 4.83 Å². The molecule has 25 heavy (non-hydrogen) atoms. The Balaban J connectivity index is 2.14. The Morgan fingerprint density at radius 1 is 1.16 bits per heavy atom. The molecule has 0 bridgehead atoms. The summed E-state index contributed by atoms with van der Waals surface area (Å²) in [4.78, 5) is 30.8. The molecule has 0 atom stereocenters. The van der Waals surface area contributed by atoms with E-state index in [1.54, 1.807) is 10.9 Å². The van der Waals surface area contributed by atoms with Crippen LogP contribution in [-0.2, 0) is 6.54 Å². The first-order valence-corrected chi connectivity index (χ1v) is 10.2. The number of fused-ring (bicyclic) bond motifs is 1. The quantitative estimate of drug-likeness (QED) is 0.641. The molecule has 1 amide bonds. The predicted molar refractivity (Wildman–Crippen MR) is 105 cm³/mol. The molecule has 138 valence electrons. The van der Waals surface area contributed by atoms with Crippen molar-refractivity contribution in [1.29, 1.82) is 0 Å². The van der Waals surface area contributed by atoms with Gasteiger partial charge in [-0.05, 0) is 25.3 Å². The minimum atomic E-state index is -0.0890. The normalized spacial score (nSPS) is 11.2. The van der Waals surface area contributed by atoms with E-state index in [0.717, 1.165) is 37.7 Å². The van der Waals surface area contributed by atoms with E-state index in [9.17, 15) is 9.59 Å². The molecule has 0 unspecified atom stereocenters. The van der Waals surface area contributed by atoms with Gasteiger partial charge in [0.15, 0.2) is 0 Å². The summed E-state index contributed by atoms with van der Waals surface area (Å²) in [6, 6.07) is 0. The van der Waals surface area contributed by atoms with Crippen molar-refractivity contribution in [3.63, 3.8) is 0 Å². The van der Waals surface area contributed by atoms with Gasteiger partial charge in [0.05, 0.1) is 16.6 Å². The number of rotatable bonds is 10. The molecule has 0 aliphatic carbocycles. The predicted octanol–water partition coefficient (Wildman–Crippen LogP) is 4.27. The van der Waals surface area contributed by atoms with Gasteiger partial charge in [0, 0.05) is 13.1 Å². The maximum absolute atomic E-state index is 12.7. The zero-order chi connectivity index (χ0) is 18.2. The second kappa shape index (κ2) is 9.70. The summed E-state index contributed by atoms with van der Waals surface area (Å²) >= 11 is 1.32. The van der Waals surface area contributed by atoms with E-state index in [2.05, 4.69) is 24.1 Å². The van der Waals surface area contributed by atoms with Crippen LogP contribution in [0.1, 0.15) is 74.0 Å². The molecule has 2 heterocycles. The van der Waals surface area contributed by atoms with Gasteiger partial charge in [-0.25, -0.2) is 4.98 Å². The number of nitrogens with zero attached hydrogens (tertiary/aromatic N) is 2. The first-order chi connectivity index (χ1) is 12.1. The van der Waals surface area contributed by atoms with Gasteiger partial charge in [0.25, 0.3) is 11.5 Å². The summed E-state index contributed by atoms with van der Waals surface area (Å²) in [6.07, 6.45) is 9.29. The second-order valence-corrected chi connectivity index (χ2v) is 7.50. The number of carbonyl (C=O) groups excluding carboxylic acids is 1. The van der Waals surface area contributed by atoms with Crippen LogP contribution < -0.4 is 10.9 Å². The molecule has 6 heteroatoms. The standard InChI is InChI=1S/C19H29N3O2S/c1-4-6-8-9-11-20-17(23)16-14(3)15-18(25-16)21-13-22(19(15)24)12-10-7-5-2/h13H,4-12H2,1-3H3,(H,20,23). The summed E-state index contributed by atoms with van der Waals surface area (Å²) < 4.78 is 1.67. The average Bonchev–Trinajstić information content (AvgIpc) is 2.94. The number of hydrogen-bond acceptors (Lipinski definition) is 4. The molecule has 0 aliphatic heterocycles. The van der Waals surface area contributed by atoms with Gasteiger partial charge >= 0.3 is 0 Å². The molecule has 0 saturated carbocycles. The minimum absolute atomic E-state index is 0.0307. The number of unbranched alkanes of at least 4 members (excludes halogenated alkanes) is 5. The molecule has 0 fully saturated rings. The molecule has 2 rings (SSSR count). The Kier molecular flexibility index (Phi) is 7.62. The Labute approximate surface area is 153 Å². The van der Waals surface area contributed by atoms with Crippen molar-refractivity contribution in [3.8, 4) is 0 Å².